The second kappa shape index (κ2) is 12.0. The lowest BCUT2D eigenvalue weighted by atomic mass is 10.1. The van der Waals surface area contributed by atoms with Crippen molar-refractivity contribution in [3.63, 3.8) is 0 Å². The van der Waals surface area contributed by atoms with Crippen molar-refractivity contribution < 1.29 is 19.1 Å². The van der Waals surface area contributed by atoms with E-state index in [4.69, 9.17) is 9.47 Å². The van der Waals surface area contributed by atoms with Crippen molar-refractivity contribution in [1.82, 2.24) is 10.6 Å². The van der Waals surface area contributed by atoms with Crippen molar-refractivity contribution in [3.8, 4) is 5.75 Å². The largest absolute Gasteiger partial charge is 0.495 e. The number of hydrogen-bond acceptors (Lipinski definition) is 4. The first-order valence-corrected chi connectivity index (χ1v) is 11.5. The quantitative estimate of drug-likeness (QED) is 0.297. The molecular formula is C20H30I2N2O4. The van der Waals surface area contributed by atoms with E-state index in [1.807, 2.05) is 12.1 Å². The summed E-state index contributed by atoms with van der Waals surface area (Å²) in [4.78, 5) is 25.2. The van der Waals surface area contributed by atoms with Gasteiger partial charge in [0.1, 0.15) is 17.4 Å². The third kappa shape index (κ3) is 8.71. The number of carbonyl (C=O) groups excluding carboxylic acids is 2. The molecule has 2 amide bonds. The van der Waals surface area contributed by atoms with Crippen molar-refractivity contribution in [1.29, 1.82) is 0 Å². The topological polar surface area (TPSA) is 76.7 Å². The van der Waals surface area contributed by atoms with Crippen LogP contribution in [0.1, 0.15) is 65.0 Å². The van der Waals surface area contributed by atoms with Gasteiger partial charge in [0.15, 0.2) is 0 Å². The molecule has 0 aliphatic carbocycles. The number of halogens is 2. The van der Waals surface area contributed by atoms with E-state index in [1.54, 1.807) is 27.9 Å². The highest BCUT2D eigenvalue weighted by Crippen LogP contribution is 2.31. The van der Waals surface area contributed by atoms with E-state index in [-0.39, 0.29) is 5.91 Å². The van der Waals surface area contributed by atoms with Crippen LogP contribution in [0.25, 0.3) is 0 Å². The number of amides is 2. The van der Waals surface area contributed by atoms with Gasteiger partial charge >= 0.3 is 6.09 Å². The third-order valence-electron chi connectivity index (χ3n) is 3.81. The highest BCUT2D eigenvalue weighted by molar-refractivity contribution is 14.1. The maximum atomic E-state index is 12.8. The Labute approximate surface area is 195 Å². The van der Waals surface area contributed by atoms with Crippen molar-refractivity contribution in [2.24, 2.45) is 0 Å². The summed E-state index contributed by atoms with van der Waals surface area (Å²) in [6.45, 7) is 8.08. The molecule has 0 saturated carbocycles. The number of methoxy groups -OCH3 is 1. The van der Waals surface area contributed by atoms with Crippen LogP contribution in [-0.2, 0) is 9.53 Å². The molecule has 0 aliphatic heterocycles. The average Bonchev–Trinajstić information content (AvgIpc) is 2.57. The van der Waals surface area contributed by atoms with E-state index < -0.39 is 17.7 Å². The Balaban J connectivity index is 3.00. The minimum absolute atomic E-state index is 0.251. The lowest BCUT2D eigenvalue weighted by molar-refractivity contribution is -0.123. The van der Waals surface area contributed by atoms with E-state index >= 15 is 0 Å². The van der Waals surface area contributed by atoms with Crippen LogP contribution >= 0.6 is 45.2 Å². The Bertz CT molecular complexity index is 652. The van der Waals surface area contributed by atoms with Crippen LogP contribution in [0.5, 0.6) is 5.75 Å². The fraction of sp³-hybridized carbons (Fsp3) is 0.600. The monoisotopic (exact) mass is 616 g/mol. The molecule has 1 aromatic rings. The zero-order chi connectivity index (χ0) is 21.3. The summed E-state index contributed by atoms with van der Waals surface area (Å²) >= 11 is 4.33. The van der Waals surface area contributed by atoms with Crippen molar-refractivity contribution >= 4 is 57.2 Å². The minimum Gasteiger partial charge on any atom is -0.495 e. The van der Waals surface area contributed by atoms with Crippen LogP contribution < -0.4 is 15.4 Å². The first-order valence-electron chi connectivity index (χ1n) is 9.39. The van der Waals surface area contributed by atoms with Gasteiger partial charge in [0.05, 0.1) is 14.3 Å². The number of unbranched alkanes of at least 4 members (excludes halogenated alkanes) is 3. The minimum atomic E-state index is -0.839. The zero-order valence-corrected chi connectivity index (χ0v) is 21.5. The summed E-state index contributed by atoms with van der Waals surface area (Å²) in [5, 5.41) is 5.64. The van der Waals surface area contributed by atoms with E-state index in [2.05, 4.69) is 62.7 Å². The number of carbonyl (C=O) groups is 2. The molecule has 0 unspecified atom stereocenters. The summed E-state index contributed by atoms with van der Waals surface area (Å²) in [5.74, 6) is 0.500. The van der Waals surface area contributed by atoms with Crippen LogP contribution in [0.3, 0.4) is 0 Å². The second-order valence-corrected chi connectivity index (χ2v) is 9.77. The Morgan fingerprint density at radius 3 is 2.21 bits per heavy atom. The average molecular weight is 616 g/mol. The lowest BCUT2D eigenvalue weighted by Gasteiger charge is -2.24. The second-order valence-electron chi connectivity index (χ2n) is 7.45. The van der Waals surface area contributed by atoms with Crippen LogP contribution in [0, 0.1) is 7.14 Å². The van der Waals surface area contributed by atoms with E-state index in [0.717, 1.165) is 38.6 Å². The molecule has 8 heteroatoms. The third-order valence-corrected chi connectivity index (χ3v) is 5.41. The highest BCUT2D eigenvalue weighted by atomic mass is 127. The molecule has 158 valence electrons. The molecule has 1 rings (SSSR count). The smallest absolute Gasteiger partial charge is 0.408 e. The number of benzene rings is 1. The molecule has 0 bridgehead atoms. The van der Waals surface area contributed by atoms with Crippen LogP contribution in [0.4, 0.5) is 4.79 Å². The number of ether oxygens (including phenoxy) is 2. The molecule has 0 radical (unpaired) electrons. The Hall–Kier alpha value is -0.780. The molecule has 2 N–H and O–H groups in total. The summed E-state index contributed by atoms with van der Waals surface area (Å²) < 4.78 is 12.5. The molecule has 1 atom stereocenters. The molecule has 28 heavy (non-hydrogen) atoms. The molecule has 0 saturated heterocycles. The normalized spacial score (nSPS) is 12.2. The molecular weight excluding hydrogens is 586 g/mol. The molecule has 6 nitrogen and oxygen atoms in total. The summed E-state index contributed by atoms with van der Waals surface area (Å²) in [6, 6.07) is 2.86. The Morgan fingerprint density at radius 2 is 1.71 bits per heavy atom. The van der Waals surface area contributed by atoms with Gasteiger partial charge in [0.2, 0.25) is 5.91 Å². The maximum Gasteiger partial charge on any atom is 0.408 e. The van der Waals surface area contributed by atoms with Gasteiger partial charge in [0.25, 0.3) is 0 Å². The first kappa shape index (κ1) is 25.3. The van der Waals surface area contributed by atoms with Crippen LogP contribution in [0.2, 0.25) is 0 Å². The number of rotatable bonds is 9. The Morgan fingerprint density at radius 1 is 1.11 bits per heavy atom. The van der Waals surface area contributed by atoms with E-state index in [0.29, 0.717) is 12.1 Å². The summed E-state index contributed by atoms with van der Waals surface area (Å²) in [7, 11) is 1.61. The molecule has 0 fully saturated rings. The molecule has 0 spiro atoms. The maximum absolute atomic E-state index is 12.8. The van der Waals surface area contributed by atoms with Crippen LogP contribution in [0.15, 0.2) is 12.1 Å². The van der Waals surface area contributed by atoms with Gasteiger partial charge in [-0.3, -0.25) is 4.79 Å². The van der Waals surface area contributed by atoms with Gasteiger partial charge < -0.3 is 20.1 Å². The standard InChI is InChI=1S/C20H30I2N2O4/c1-6-7-8-9-10-23-18(25)16(24-19(26)28-20(2,3)4)13-11-14(21)17(27-5)15(22)12-13/h11-12,16H,6-10H2,1-5H3,(H,23,25)(H,24,26)/t16-/m1/s1. The fourth-order valence-corrected chi connectivity index (χ4v) is 4.79. The first-order chi connectivity index (χ1) is 13.1. The summed E-state index contributed by atoms with van der Waals surface area (Å²) in [6.07, 6.45) is 3.64. The molecule has 0 aliphatic rings. The number of alkyl carbamates (subject to hydrolysis) is 1. The number of nitrogens with one attached hydrogen (secondary N) is 2. The van der Waals surface area contributed by atoms with Crippen molar-refractivity contribution in [3.05, 3.63) is 24.8 Å². The summed E-state index contributed by atoms with van der Waals surface area (Å²) in [5.41, 5.74) is 0.0418. The van der Waals surface area contributed by atoms with E-state index in [9.17, 15) is 9.59 Å². The SMILES string of the molecule is CCCCCCNC(=O)[C@H](NC(=O)OC(C)(C)C)c1cc(I)c(OC)c(I)c1. The van der Waals surface area contributed by atoms with Gasteiger partial charge in [-0.1, -0.05) is 26.2 Å². The molecule has 0 heterocycles. The lowest BCUT2D eigenvalue weighted by Crippen LogP contribution is -2.42. The predicted octanol–water partition coefficient (Wildman–Crippen LogP) is 5.17. The van der Waals surface area contributed by atoms with Crippen molar-refractivity contribution in [2.45, 2.75) is 65.0 Å². The highest BCUT2D eigenvalue weighted by Gasteiger charge is 2.27. The molecule has 0 aromatic heterocycles. The molecule has 1 aromatic carbocycles. The van der Waals surface area contributed by atoms with Crippen LogP contribution in [-0.4, -0.2) is 31.3 Å². The van der Waals surface area contributed by atoms with Gasteiger partial charge in [-0.15, -0.1) is 0 Å². The van der Waals surface area contributed by atoms with Gasteiger partial charge in [-0.2, -0.15) is 0 Å². The zero-order valence-electron chi connectivity index (χ0n) is 17.2. The van der Waals surface area contributed by atoms with Gasteiger partial charge in [0, 0.05) is 6.54 Å². The van der Waals surface area contributed by atoms with E-state index in [1.165, 1.54) is 0 Å². The van der Waals surface area contributed by atoms with Crippen molar-refractivity contribution in [2.75, 3.05) is 13.7 Å². The predicted molar refractivity (Wildman–Crippen MR) is 128 cm³/mol. The number of hydrogen-bond donors (Lipinski definition) is 2. The fourth-order valence-electron chi connectivity index (χ4n) is 2.53. The van der Waals surface area contributed by atoms with Gasteiger partial charge in [-0.25, -0.2) is 4.79 Å². The van der Waals surface area contributed by atoms with Gasteiger partial charge in [-0.05, 0) is 90.1 Å². The Kier molecular flexibility index (Phi) is 10.9.